The summed E-state index contributed by atoms with van der Waals surface area (Å²) in [4.78, 5) is 20.0. The molecule has 0 aliphatic rings. The minimum absolute atomic E-state index is 0. The van der Waals surface area contributed by atoms with E-state index in [0.29, 0.717) is 0 Å². The van der Waals surface area contributed by atoms with E-state index in [1.807, 2.05) is 0 Å². The third kappa shape index (κ3) is 24.4. The van der Waals surface area contributed by atoms with Crippen LogP contribution in [0.15, 0.2) is 0 Å². The van der Waals surface area contributed by atoms with Gasteiger partial charge in [0.1, 0.15) is 0 Å². The van der Waals surface area contributed by atoms with Crippen molar-refractivity contribution in [2.24, 2.45) is 0 Å². The van der Waals surface area contributed by atoms with Gasteiger partial charge in [0.25, 0.3) is 10.1 Å². The third-order valence-electron chi connectivity index (χ3n) is 3.77. The number of carbonyl (C=O) groups is 2. The Balaban J connectivity index is -0.000000416. The zero-order valence-electron chi connectivity index (χ0n) is 17.0. The normalized spacial score (nSPS) is 11.7. The van der Waals surface area contributed by atoms with Crippen LogP contribution in [0.3, 0.4) is 0 Å². The minimum Gasteiger partial charge on any atom is -0.481 e. The summed E-state index contributed by atoms with van der Waals surface area (Å²) in [5.74, 6) is -3.50. The van der Waals surface area contributed by atoms with Crippen molar-refractivity contribution in [2.75, 3.05) is 0 Å². The Morgan fingerprint density at radius 1 is 0.852 bits per heavy atom. The number of carboxylic acid groups (broad SMARTS) is 2. The van der Waals surface area contributed by atoms with Gasteiger partial charge in [0.2, 0.25) is 0 Å². The number of aliphatic carboxylic acids is 2. The van der Waals surface area contributed by atoms with Crippen molar-refractivity contribution in [2.45, 2.75) is 96.1 Å². The van der Waals surface area contributed by atoms with Crippen molar-refractivity contribution in [3.8, 4) is 0 Å². The topological polar surface area (TPSA) is 129 Å². The zero-order valence-corrected chi connectivity index (χ0v) is 21.0. The Morgan fingerprint density at radius 3 is 1.67 bits per heavy atom. The van der Waals surface area contributed by atoms with Crippen molar-refractivity contribution in [3.05, 3.63) is 6.42 Å². The van der Waals surface area contributed by atoms with Crippen molar-refractivity contribution >= 4 is 22.1 Å². The summed E-state index contributed by atoms with van der Waals surface area (Å²) in [5.41, 5.74) is 0. The van der Waals surface area contributed by atoms with Gasteiger partial charge >= 0.3 is 63.3 Å². The molecule has 0 aromatic carbocycles. The van der Waals surface area contributed by atoms with Crippen LogP contribution in [-0.2, 0) is 19.7 Å². The van der Waals surface area contributed by atoms with E-state index in [0.717, 1.165) is 0 Å². The SMILES string of the molecule is CCCC[CH-]CCCCCCCCC.O=C(O)CC(C(=O)O)S(=O)(=O)O.[K+]. The standard InChI is InChI=1S/C14H29.C4H6O7S.K/c1-3-5-7-9-11-13-14-12-10-8-6-4-2;5-3(6)1-2(4(7)8)12(9,10)11;/h9H,3-8,10-14H2,1-2H3;2H,1H2,(H,5,6)(H,7,8)(H,9,10,11);/q-1;;+1. The molecule has 0 rings (SSSR count). The van der Waals surface area contributed by atoms with Gasteiger partial charge in [-0.1, -0.05) is 71.6 Å². The summed E-state index contributed by atoms with van der Waals surface area (Å²) >= 11 is 0. The van der Waals surface area contributed by atoms with Crippen LogP contribution in [0.1, 0.15) is 90.9 Å². The molecule has 0 heterocycles. The molecule has 0 aliphatic heterocycles. The van der Waals surface area contributed by atoms with Crippen LogP contribution in [0, 0.1) is 6.42 Å². The van der Waals surface area contributed by atoms with Crippen molar-refractivity contribution in [1.82, 2.24) is 0 Å². The fourth-order valence-electron chi connectivity index (χ4n) is 2.22. The molecule has 0 fully saturated rings. The quantitative estimate of drug-likeness (QED) is 0.153. The average Bonchev–Trinajstić information content (AvgIpc) is 2.53. The fraction of sp³-hybridized carbons (Fsp3) is 0.833. The molecule has 3 N–H and O–H groups in total. The number of carboxylic acids is 2. The number of hydrogen-bond acceptors (Lipinski definition) is 4. The van der Waals surface area contributed by atoms with E-state index >= 15 is 0 Å². The van der Waals surface area contributed by atoms with E-state index in [2.05, 4.69) is 20.3 Å². The maximum Gasteiger partial charge on any atom is 1.00 e. The molecule has 1 atom stereocenters. The van der Waals surface area contributed by atoms with E-state index in [1.54, 1.807) is 0 Å². The molecule has 0 saturated heterocycles. The molecule has 7 nitrogen and oxygen atoms in total. The molecule has 0 aromatic heterocycles. The second kappa shape index (κ2) is 21.2. The first-order chi connectivity index (χ1) is 12.2. The van der Waals surface area contributed by atoms with Crippen LogP contribution in [0.25, 0.3) is 0 Å². The number of unbranched alkanes of at least 4 members (excludes halogenated alkanes) is 11. The monoisotopic (exact) mass is 434 g/mol. The Kier molecular flexibility index (Phi) is 25.3. The summed E-state index contributed by atoms with van der Waals surface area (Å²) in [7, 11) is -4.84. The van der Waals surface area contributed by atoms with E-state index in [4.69, 9.17) is 14.8 Å². The fourth-order valence-corrected chi connectivity index (χ4v) is 2.83. The largest absolute Gasteiger partial charge is 1.00 e. The van der Waals surface area contributed by atoms with Gasteiger partial charge in [-0.15, -0.1) is 0 Å². The van der Waals surface area contributed by atoms with Crippen molar-refractivity contribution in [3.63, 3.8) is 0 Å². The van der Waals surface area contributed by atoms with Crippen LogP contribution in [0.4, 0.5) is 0 Å². The molecule has 0 aliphatic carbocycles. The van der Waals surface area contributed by atoms with Crippen molar-refractivity contribution < 1.29 is 84.2 Å². The average molecular weight is 435 g/mol. The van der Waals surface area contributed by atoms with Gasteiger partial charge in [-0.3, -0.25) is 14.1 Å². The smallest absolute Gasteiger partial charge is 0.481 e. The van der Waals surface area contributed by atoms with Gasteiger partial charge in [-0.25, -0.2) is 0 Å². The summed E-state index contributed by atoms with van der Waals surface area (Å²) in [6.07, 6.45) is 16.8. The molecule has 1 unspecified atom stereocenters. The number of hydrogen-bond donors (Lipinski definition) is 3. The second-order valence-corrected chi connectivity index (χ2v) is 7.88. The van der Waals surface area contributed by atoms with Gasteiger partial charge in [0, 0.05) is 0 Å². The van der Waals surface area contributed by atoms with Gasteiger partial charge in [0.15, 0.2) is 5.25 Å². The van der Waals surface area contributed by atoms with E-state index < -0.39 is 33.7 Å². The zero-order chi connectivity index (χ0) is 20.4. The summed E-state index contributed by atoms with van der Waals surface area (Å²) < 4.78 is 28.7. The summed E-state index contributed by atoms with van der Waals surface area (Å²) in [5, 5.41) is 13.9. The van der Waals surface area contributed by atoms with E-state index in [1.165, 1.54) is 70.6 Å². The van der Waals surface area contributed by atoms with Gasteiger partial charge in [0.05, 0.1) is 6.42 Å². The number of rotatable bonds is 15. The Hall–Kier alpha value is 0.486. The third-order valence-corrected chi connectivity index (χ3v) is 4.86. The molecule has 0 amide bonds. The van der Waals surface area contributed by atoms with Crippen LogP contribution in [0.5, 0.6) is 0 Å². The molecule has 0 saturated carbocycles. The van der Waals surface area contributed by atoms with Crippen LogP contribution in [-0.4, -0.2) is 40.4 Å². The molecule has 0 bridgehead atoms. The molecule has 0 radical (unpaired) electrons. The van der Waals surface area contributed by atoms with Crippen LogP contribution < -0.4 is 51.4 Å². The molecule has 0 spiro atoms. The second-order valence-electron chi connectivity index (χ2n) is 6.28. The molecule has 0 aromatic rings. The Bertz CT molecular complexity index is 454. The predicted octanol–water partition coefficient (Wildman–Crippen LogP) is 1.33. The van der Waals surface area contributed by atoms with E-state index in [-0.39, 0.29) is 51.4 Å². The minimum atomic E-state index is -4.84. The summed E-state index contributed by atoms with van der Waals surface area (Å²) in [6, 6.07) is 0. The first-order valence-electron chi connectivity index (χ1n) is 9.39. The summed E-state index contributed by atoms with van der Waals surface area (Å²) in [6.45, 7) is 4.55. The predicted molar refractivity (Wildman–Crippen MR) is 102 cm³/mol. The maximum atomic E-state index is 10.2. The van der Waals surface area contributed by atoms with Crippen LogP contribution in [0.2, 0.25) is 0 Å². The molecule has 9 heteroatoms. The molecule has 156 valence electrons. The maximum absolute atomic E-state index is 10.2. The molecule has 27 heavy (non-hydrogen) atoms. The Morgan fingerprint density at radius 2 is 1.30 bits per heavy atom. The Labute approximate surface area is 206 Å². The van der Waals surface area contributed by atoms with Gasteiger partial charge in [-0.2, -0.15) is 21.3 Å². The van der Waals surface area contributed by atoms with Gasteiger partial charge < -0.3 is 16.6 Å². The first-order valence-corrected chi connectivity index (χ1v) is 10.9. The van der Waals surface area contributed by atoms with E-state index in [9.17, 15) is 18.0 Å². The van der Waals surface area contributed by atoms with Gasteiger partial charge in [-0.05, 0) is 0 Å². The molecular weight excluding hydrogens is 399 g/mol. The first kappa shape index (κ1) is 32.2. The van der Waals surface area contributed by atoms with Crippen LogP contribution >= 0.6 is 0 Å². The molecular formula is C18H35KO7S. The van der Waals surface area contributed by atoms with Crippen molar-refractivity contribution in [1.29, 1.82) is 0 Å².